The zero-order valence-corrected chi connectivity index (χ0v) is 31.2. The van der Waals surface area contributed by atoms with Crippen LogP contribution in [-0.2, 0) is 20.6 Å². The highest BCUT2D eigenvalue weighted by atomic mass is 19.4. The molecule has 0 aliphatic rings. The number of aryl methyl sites for hydroxylation is 1. The smallest absolute Gasteiger partial charge is 0.460 e. The van der Waals surface area contributed by atoms with E-state index in [4.69, 9.17) is 4.74 Å². The molecule has 0 saturated carbocycles. The normalized spacial score (nSPS) is 15.2. The van der Waals surface area contributed by atoms with E-state index in [1.54, 1.807) is 12.4 Å². The van der Waals surface area contributed by atoms with E-state index in [9.17, 15) is 105 Å². The van der Waals surface area contributed by atoms with Crippen molar-refractivity contribution in [3.05, 3.63) is 42.2 Å². The summed E-state index contributed by atoms with van der Waals surface area (Å²) in [6.07, 6.45) is -33.6. The van der Waals surface area contributed by atoms with Crippen LogP contribution >= 0.6 is 0 Å². The van der Waals surface area contributed by atoms with Crippen molar-refractivity contribution in [2.45, 2.75) is 124 Å². The van der Waals surface area contributed by atoms with E-state index in [-0.39, 0.29) is 11.6 Å². The van der Waals surface area contributed by atoms with Gasteiger partial charge >= 0.3 is 66.1 Å². The van der Waals surface area contributed by atoms with Crippen molar-refractivity contribution in [1.29, 1.82) is 0 Å². The molecular weight excluding hydrogens is 944 g/mol. The maximum atomic E-state index is 14.2. The predicted molar refractivity (Wildman–Crippen MR) is 163 cm³/mol. The monoisotopic (exact) mass is 974 g/mol. The van der Waals surface area contributed by atoms with E-state index in [0.29, 0.717) is 5.56 Å². The fourth-order valence-corrected chi connectivity index (χ4v) is 4.62. The molecule has 0 aliphatic carbocycles. The summed E-state index contributed by atoms with van der Waals surface area (Å²) in [5.41, 5.74) is 1.27. The Morgan fingerprint density at radius 2 is 0.952 bits per heavy atom. The summed E-state index contributed by atoms with van der Waals surface area (Å²) in [5, 5.41) is 0. The number of benzene rings is 1. The molecular formula is C33H30F24N2O4. The van der Waals surface area contributed by atoms with Gasteiger partial charge in [-0.05, 0) is 42.7 Å². The van der Waals surface area contributed by atoms with Crippen LogP contribution in [0.15, 0.2) is 36.7 Å². The third-order valence-electron chi connectivity index (χ3n) is 8.23. The molecule has 364 valence electrons. The molecule has 0 fully saturated rings. The number of hydrogen-bond acceptors (Lipinski definition) is 6. The molecule has 0 N–H and O–H groups in total. The number of aromatic nitrogens is 2. The molecule has 6 nitrogen and oxygen atoms in total. The number of hydrogen-bond donors (Lipinski definition) is 0. The first-order chi connectivity index (χ1) is 28.3. The lowest BCUT2D eigenvalue weighted by atomic mass is 9.98. The number of rotatable bonds is 26. The number of halogens is 24. The highest BCUT2D eigenvalue weighted by Gasteiger charge is 2.89. The van der Waals surface area contributed by atoms with E-state index in [1.165, 1.54) is 24.3 Å². The topological polar surface area (TPSA) is 62.7 Å². The van der Waals surface area contributed by atoms with Crippen LogP contribution in [0.3, 0.4) is 0 Å². The minimum atomic E-state index is -8.66. The van der Waals surface area contributed by atoms with Crippen molar-refractivity contribution >= 4 is 0 Å². The SMILES string of the molecule is CCCCCCCCc1cnc(-c2ccc(OC[C@H](F)COCC(F)(F)C(F)(F)C(F)(F)C(F)(F)C(F)(F)OC(F)(F)C(F)(F)OC(F)(F)C(F)(F)C(F)(F)C(F)(F)F)cc2)nc1. The molecule has 2 rings (SSSR count). The van der Waals surface area contributed by atoms with Gasteiger partial charge in [-0.1, -0.05) is 39.0 Å². The van der Waals surface area contributed by atoms with Crippen molar-refractivity contribution in [2.24, 2.45) is 0 Å². The molecule has 0 radical (unpaired) electrons. The maximum Gasteiger partial charge on any atom is 0.460 e. The third-order valence-corrected chi connectivity index (χ3v) is 8.23. The molecule has 1 heterocycles. The Hall–Kier alpha value is -3.70. The lowest BCUT2D eigenvalue weighted by molar-refractivity contribution is -0.558. The van der Waals surface area contributed by atoms with Crippen molar-refractivity contribution in [2.75, 3.05) is 19.8 Å². The Labute approximate surface area is 338 Å². The third kappa shape index (κ3) is 12.0. The molecule has 0 unspecified atom stereocenters. The van der Waals surface area contributed by atoms with Crippen LogP contribution in [0.5, 0.6) is 5.75 Å². The van der Waals surface area contributed by atoms with Crippen LogP contribution in [0, 0.1) is 0 Å². The highest BCUT2D eigenvalue weighted by molar-refractivity contribution is 5.55. The van der Waals surface area contributed by atoms with Crippen LogP contribution < -0.4 is 4.74 Å². The molecule has 0 bridgehead atoms. The summed E-state index contributed by atoms with van der Waals surface area (Å²) < 4.78 is 334. The van der Waals surface area contributed by atoms with Crippen LogP contribution in [0.25, 0.3) is 11.4 Å². The molecule has 0 aliphatic heterocycles. The van der Waals surface area contributed by atoms with Crippen molar-refractivity contribution < 1.29 is 124 Å². The van der Waals surface area contributed by atoms with E-state index in [2.05, 4.69) is 21.6 Å². The molecule has 1 atom stereocenters. The van der Waals surface area contributed by atoms with Gasteiger partial charge in [0.1, 0.15) is 19.0 Å². The van der Waals surface area contributed by atoms with Crippen LogP contribution in [0.1, 0.15) is 51.0 Å². The number of unbranched alkanes of at least 4 members (excludes halogenated alkanes) is 5. The number of alkyl halides is 24. The maximum absolute atomic E-state index is 14.2. The Kier molecular flexibility index (Phi) is 17.1. The summed E-state index contributed by atoms with van der Waals surface area (Å²) in [4.78, 5) is 8.44. The second kappa shape index (κ2) is 19.4. The minimum Gasteiger partial charge on any atom is -0.490 e. The summed E-state index contributed by atoms with van der Waals surface area (Å²) in [5.74, 6) is -48.6. The van der Waals surface area contributed by atoms with Gasteiger partial charge in [-0.25, -0.2) is 23.8 Å². The number of nitrogens with zero attached hydrogens (tertiary/aromatic N) is 2. The van der Waals surface area contributed by atoms with Gasteiger partial charge in [-0.2, -0.15) is 101 Å². The molecule has 30 heteroatoms. The van der Waals surface area contributed by atoms with Crippen LogP contribution in [0.4, 0.5) is 105 Å². The molecule has 2 aromatic rings. The first-order valence-electron chi connectivity index (χ1n) is 17.3. The van der Waals surface area contributed by atoms with Crippen LogP contribution in [-0.4, -0.2) is 102 Å². The minimum absolute atomic E-state index is 0.160. The van der Waals surface area contributed by atoms with E-state index < -0.39 is 92.1 Å². The summed E-state index contributed by atoms with van der Waals surface area (Å²) in [6.45, 7) is -4.26. The second-order valence-electron chi connectivity index (χ2n) is 13.2. The molecule has 0 amide bonds. The lowest BCUT2D eigenvalue weighted by Gasteiger charge is -2.40. The highest BCUT2D eigenvalue weighted by Crippen LogP contribution is 2.60. The second-order valence-corrected chi connectivity index (χ2v) is 13.2. The summed E-state index contributed by atoms with van der Waals surface area (Å²) in [6, 6.07) is 5.12. The molecule has 63 heavy (non-hydrogen) atoms. The van der Waals surface area contributed by atoms with Crippen molar-refractivity contribution in [1.82, 2.24) is 9.97 Å². The average Bonchev–Trinajstić information content (AvgIpc) is 3.14. The lowest BCUT2D eigenvalue weighted by Crippen LogP contribution is -2.70. The molecule has 0 spiro atoms. The molecule has 1 aromatic heterocycles. The van der Waals surface area contributed by atoms with Gasteiger partial charge in [-0.3, -0.25) is 0 Å². The van der Waals surface area contributed by atoms with Gasteiger partial charge in [0, 0.05) is 18.0 Å². The van der Waals surface area contributed by atoms with Crippen molar-refractivity contribution in [3.8, 4) is 17.1 Å². The van der Waals surface area contributed by atoms with Crippen molar-refractivity contribution in [3.63, 3.8) is 0 Å². The molecule has 0 saturated heterocycles. The van der Waals surface area contributed by atoms with Gasteiger partial charge < -0.3 is 9.47 Å². The number of ether oxygens (including phenoxy) is 4. The van der Waals surface area contributed by atoms with Gasteiger partial charge in [0.25, 0.3) is 0 Å². The Morgan fingerprint density at radius 1 is 0.508 bits per heavy atom. The average molecular weight is 975 g/mol. The first-order valence-corrected chi connectivity index (χ1v) is 17.3. The zero-order valence-electron chi connectivity index (χ0n) is 31.2. The summed E-state index contributed by atoms with van der Waals surface area (Å²) >= 11 is 0. The van der Waals surface area contributed by atoms with Gasteiger partial charge in [0.05, 0.1) is 6.61 Å². The Morgan fingerprint density at radius 3 is 1.41 bits per heavy atom. The standard InChI is InChI=1S/C33H30F24N2O4/c1-2-3-4-5-6-7-8-18-13-58-22(59-14-18)19-9-11-21(12-10-19)61-16-20(34)15-60-17-23(35,36)24(37,38)25(39,40)27(43,44)30(50,51)62-32(54,55)33(56,57)63-31(52,53)28(45,46)26(41,42)29(47,48)49/h9-14,20H,2-8,15-17H2,1H3/t20-/m1/s1. The Bertz CT molecular complexity index is 1740. The summed E-state index contributed by atoms with van der Waals surface area (Å²) in [7, 11) is 0. The predicted octanol–water partition coefficient (Wildman–Crippen LogP) is 12.6. The van der Waals surface area contributed by atoms with E-state index in [0.717, 1.165) is 60.0 Å². The van der Waals surface area contributed by atoms with Gasteiger partial charge in [-0.15, -0.1) is 0 Å². The zero-order chi connectivity index (χ0) is 48.9. The van der Waals surface area contributed by atoms with E-state index >= 15 is 0 Å². The molecule has 1 aromatic carbocycles. The first kappa shape index (κ1) is 55.4. The Balaban J connectivity index is 2.06. The largest absolute Gasteiger partial charge is 0.490 e. The van der Waals surface area contributed by atoms with E-state index in [1.807, 2.05) is 0 Å². The quantitative estimate of drug-likeness (QED) is 0.0691. The van der Waals surface area contributed by atoms with Gasteiger partial charge in [0.2, 0.25) is 0 Å². The van der Waals surface area contributed by atoms with Gasteiger partial charge in [0.15, 0.2) is 12.0 Å². The fraction of sp³-hybridized carbons (Fsp3) is 0.697. The fourth-order valence-electron chi connectivity index (χ4n) is 4.62. The van der Waals surface area contributed by atoms with Crippen LogP contribution in [0.2, 0.25) is 0 Å².